The second-order valence-corrected chi connectivity index (χ2v) is 9.21. The number of nitrogens with one attached hydrogen (secondary N) is 2. The van der Waals surface area contributed by atoms with Crippen molar-refractivity contribution in [1.29, 1.82) is 0 Å². The van der Waals surface area contributed by atoms with Crippen LogP contribution in [0.2, 0.25) is 0 Å². The van der Waals surface area contributed by atoms with Gasteiger partial charge in [-0.25, -0.2) is 0 Å². The van der Waals surface area contributed by atoms with E-state index >= 15 is 0 Å². The van der Waals surface area contributed by atoms with Gasteiger partial charge in [0.1, 0.15) is 10.6 Å². The largest absolute Gasteiger partial charge is 0.464 e. The molecule has 0 fully saturated rings. The molecule has 1 aromatic carbocycles. The summed E-state index contributed by atoms with van der Waals surface area (Å²) in [4.78, 5) is 27.1. The van der Waals surface area contributed by atoms with E-state index in [2.05, 4.69) is 16.7 Å². The van der Waals surface area contributed by atoms with Crippen molar-refractivity contribution in [2.75, 3.05) is 25.6 Å². The smallest absolute Gasteiger partial charge is 0.254 e. The lowest BCUT2D eigenvalue weighted by Gasteiger charge is -2.13. The number of ether oxygens (including phenoxy) is 1. The summed E-state index contributed by atoms with van der Waals surface area (Å²) in [5.74, 6) is -0.293. The number of carbonyl (C=O) groups is 2. The van der Waals surface area contributed by atoms with Gasteiger partial charge in [-0.15, -0.1) is 11.3 Å². The van der Waals surface area contributed by atoms with Gasteiger partial charge in [-0.3, -0.25) is 9.59 Å². The third-order valence-electron chi connectivity index (χ3n) is 5.69. The Morgan fingerprint density at radius 3 is 2.81 bits per heavy atom. The predicted molar refractivity (Wildman–Crippen MR) is 123 cm³/mol. The number of rotatable bonds is 7. The van der Waals surface area contributed by atoms with E-state index < -0.39 is 0 Å². The van der Waals surface area contributed by atoms with Gasteiger partial charge in [-0.05, 0) is 62.3 Å². The van der Waals surface area contributed by atoms with Crippen molar-refractivity contribution in [2.24, 2.45) is 0 Å². The van der Waals surface area contributed by atoms with Gasteiger partial charge in [0.25, 0.3) is 5.91 Å². The Kier molecular flexibility index (Phi) is 6.43. The standard InChI is InChI=1S/C24H28N2O4S/c1-14-10-15(2)21-16(13-30-18(21)11-14)12-20(27)26-24-22(23(28)25-8-9-29-3)17-6-4-5-7-19(17)31-24/h10-11,13H,4-9,12H2,1-3H3,(H,25,28)(H,26,27). The minimum atomic E-state index is -0.146. The molecule has 0 aliphatic heterocycles. The Morgan fingerprint density at radius 1 is 1.19 bits per heavy atom. The summed E-state index contributed by atoms with van der Waals surface area (Å²) in [7, 11) is 1.60. The molecule has 0 atom stereocenters. The molecule has 0 spiro atoms. The molecule has 0 bridgehead atoms. The van der Waals surface area contributed by atoms with Crippen LogP contribution in [0.3, 0.4) is 0 Å². The molecule has 2 aromatic heterocycles. The molecule has 0 radical (unpaired) electrons. The molecule has 1 aliphatic carbocycles. The molecule has 2 amide bonds. The molecule has 0 saturated carbocycles. The quantitative estimate of drug-likeness (QED) is 0.528. The highest BCUT2D eigenvalue weighted by Crippen LogP contribution is 2.38. The molecular weight excluding hydrogens is 412 g/mol. The van der Waals surface area contributed by atoms with Gasteiger partial charge < -0.3 is 19.8 Å². The van der Waals surface area contributed by atoms with E-state index in [0.29, 0.717) is 23.7 Å². The Bertz CT molecular complexity index is 1130. The SMILES string of the molecule is COCCNC(=O)c1c(NC(=O)Cc2coc3cc(C)cc(C)c23)sc2c1CCCC2. The monoisotopic (exact) mass is 440 g/mol. The molecule has 3 aromatic rings. The number of benzene rings is 1. The first-order valence-corrected chi connectivity index (χ1v) is 11.5. The van der Waals surface area contributed by atoms with Crippen molar-refractivity contribution < 1.29 is 18.7 Å². The zero-order valence-corrected chi connectivity index (χ0v) is 19.0. The third kappa shape index (κ3) is 4.52. The van der Waals surface area contributed by atoms with Crippen molar-refractivity contribution in [3.05, 3.63) is 51.1 Å². The average molecular weight is 441 g/mol. The lowest BCUT2D eigenvalue weighted by molar-refractivity contribution is -0.115. The summed E-state index contributed by atoms with van der Waals surface area (Å²) >= 11 is 1.53. The van der Waals surface area contributed by atoms with Crippen molar-refractivity contribution >= 4 is 39.1 Å². The number of hydrogen-bond donors (Lipinski definition) is 2. The molecule has 4 rings (SSSR count). The highest BCUT2D eigenvalue weighted by Gasteiger charge is 2.26. The number of methoxy groups -OCH3 is 1. The van der Waals surface area contributed by atoms with Crippen molar-refractivity contribution in [2.45, 2.75) is 46.0 Å². The van der Waals surface area contributed by atoms with Crippen LogP contribution in [0.4, 0.5) is 5.00 Å². The van der Waals surface area contributed by atoms with Crippen LogP contribution in [0, 0.1) is 13.8 Å². The number of hydrogen-bond acceptors (Lipinski definition) is 5. The molecule has 0 saturated heterocycles. The van der Waals surface area contributed by atoms with Crippen LogP contribution in [0.15, 0.2) is 22.8 Å². The molecule has 164 valence electrons. The molecule has 2 N–H and O–H groups in total. The van der Waals surface area contributed by atoms with Gasteiger partial charge in [0.05, 0.1) is 24.9 Å². The first-order valence-electron chi connectivity index (χ1n) is 10.7. The highest BCUT2D eigenvalue weighted by atomic mass is 32.1. The molecule has 6 nitrogen and oxygen atoms in total. The number of aryl methyl sites for hydroxylation is 3. The summed E-state index contributed by atoms with van der Waals surface area (Å²) < 4.78 is 10.7. The van der Waals surface area contributed by atoms with Gasteiger partial charge in [0.15, 0.2) is 0 Å². The van der Waals surface area contributed by atoms with Crippen LogP contribution >= 0.6 is 11.3 Å². The zero-order chi connectivity index (χ0) is 22.0. The average Bonchev–Trinajstić information content (AvgIpc) is 3.28. The first-order chi connectivity index (χ1) is 15.0. The number of furan rings is 1. The second kappa shape index (κ2) is 9.24. The van der Waals surface area contributed by atoms with Gasteiger partial charge in [0, 0.05) is 29.5 Å². The van der Waals surface area contributed by atoms with E-state index in [1.807, 2.05) is 19.9 Å². The summed E-state index contributed by atoms with van der Waals surface area (Å²) in [5, 5.41) is 7.56. The van der Waals surface area contributed by atoms with Crippen LogP contribution in [-0.2, 0) is 28.8 Å². The molecule has 31 heavy (non-hydrogen) atoms. The number of thiophene rings is 1. The minimum absolute atomic E-state index is 0.146. The fourth-order valence-electron chi connectivity index (χ4n) is 4.35. The van der Waals surface area contributed by atoms with Crippen molar-refractivity contribution in [1.82, 2.24) is 5.32 Å². The number of carbonyl (C=O) groups excluding carboxylic acids is 2. The highest BCUT2D eigenvalue weighted by molar-refractivity contribution is 7.17. The number of anilines is 1. The van der Waals surface area contributed by atoms with Crippen molar-refractivity contribution in [3.8, 4) is 0 Å². The Labute approximate surface area is 186 Å². The molecule has 2 heterocycles. The summed E-state index contributed by atoms with van der Waals surface area (Å²) in [6.07, 6.45) is 5.87. The number of fused-ring (bicyclic) bond motifs is 2. The van der Waals surface area contributed by atoms with Gasteiger partial charge in [-0.1, -0.05) is 6.07 Å². The van der Waals surface area contributed by atoms with E-state index in [1.165, 1.54) is 16.2 Å². The van der Waals surface area contributed by atoms with E-state index in [-0.39, 0.29) is 18.2 Å². The fourth-order valence-corrected chi connectivity index (χ4v) is 5.65. The molecule has 1 aliphatic rings. The summed E-state index contributed by atoms with van der Waals surface area (Å²) in [5.41, 5.74) is 5.58. The van der Waals surface area contributed by atoms with E-state index in [4.69, 9.17) is 9.15 Å². The van der Waals surface area contributed by atoms with E-state index in [1.54, 1.807) is 13.4 Å². The molecule has 0 unspecified atom stereocenters. The Balaban J connectivity index is 1.57. The van der Waals surface area contributed by atoms with Crippen LogP contribution in [-0.4, -0.2) is 32.1 Å². The van der Waals surface area contributed by atoms with E-state index in [9.17, 15) is 9.59 Å². The van der Waals surface area contributed by atoms with Gasteiger partial charge >= 0.3 is 0 Å². The lowest BCUT2D eigenvalue weighted by atomic mass is 9.95. The first kappa shape index (κ1) is 21.6. The minimum Gasteiger partial charge on any atom is -0.464 e. The fraction of sp³-hybridized carbons (Fsp3) is 0.417. The lowest BCUT2D eigenvalue weighted by Crippen LogP contribution is -2.28. The van der Waals surface area contributed by atoms with Gasteiger partial charge in [0.2, 0.25) is 5.91 Å². The summed E-state index contributed by atoms with van der Waals surface area (Å²) in [6.45, 7) is 4.94. The second-order valence-electron chi connectivity index (χ2n) is 8.10. The van der Waals surface area contributed by atoms with Crippen LogP contribution in [0.5, 0.6) is 0 Å². The van der Waals surface area contributed by atoms with E-state index in [0.717, 1.165) is 58.9 Å². The predicted octanol–water partition coefficient (Wildman–Crippen LogP) is 4.55. The Hall–Kier alpha value is -2.64. The third-order valence-corrected chi connectivity index (χ3v) is 6.89. The maximum Gasteiger partial charge on any atom is 0.254 e. The maximum absolute atomic E-state index is 13.0. The topological polar surface area (TPSA) is 80.6 Å². The molecular formula is C24H28N2O4S. The van der Waals surface area contributed by atoms with Crippen LogP contribution in [0.1, 0.15) is 50.3 Å². The normalized spacial score (nSPS) is 13.3. The Morgan fingerprint density at radius 2 is 2.00 bits per heavy atom. The summed E-state index contributed by atoms with van der Waals surface area (Å²) in [6, 6.07) is 4.08. The van der Waals surface area contributed by atoms with Crippen LogP contribution < -0.4 is 10.6 Å². The zero-order valence-electron chi connectivity index (χ0n) is 18.2. The van der Waals surface area contributed by atoms with Crippen LogP contribution in [0.25, 0.3) is 11.0 Å². The van der Waals surface area contributed by atoms with Crippen molar-refractivity contribution in [3.63, 3.8) is 0 Å². The maximum atomic E-state index is 13.0. The van der Waals surface area contributed by atoms with Gasteiger partial charge in [-0.2, -0.15) is 0 Å². The molecule has 7 heteroatoms. The number of amides is 2.